The van der Waals surface area contributed by atoms with Crippen molar-refractivity contribution < 1.29 is 4.74 Å². The molecule has 1 fully saturated rings. The van der Waals surface area contributed by atoms with Crippen molar-refractivity contribution in [3.05, 3.63) is 5.69 Å². The summed E-state index contributed by atoms with van der Waals surface area (Å²) in [6.07, 6.45) is 1.05. The van der Waals surface area contributed by atoms with Crippen LogP contribution in [0.25, 0.3) is 0 Å². The van der Waals surface area contributed by atoms with Gasteiger partial charge in [-0.3, -0.25) is 4.68 Å². The summed E-state index contributed by atoms with van der Waals surface area (Å²) in [4.78, 5) is 2.25. The molecule has 1 saturated heterocycles. The molecule has 0 unspecified atom stereocenters. The second kappa shape index (κ2) is 4.10. The van der Waals surface area contributed by atoms with Gasteiger partial charge in [0.05, 0.1) is 18.0 Å². The second-order valence-electron chi connectivity index (χ2n) is 3.90. The van der Waals surface area contributed by atoms with Crippen LogP contribution in [0, 0.1) is 6.92 Å². The predicted molar refractivity (Wildman–Crippen MR) is 60.0 cm³/mol. The molecule has 1 aliphatic rings. The molecule has 15 heavy (non-hydrogen) atoms. The summed E-state index contributed by atoms with van der Waals surface area (Å²) < 4.78 is 7.28. The summed E-state index contributed by atoms with van der Waals surface area (Å²) >= 11 is 0. The van der Waals surface area contributed by atoms with Gasteiger partial charge < -0.3 is 15.4 Å². The van der Waals surface area contributed by atoms with Gasteiger partial charge in [-0.1, -0.05) is 0 Å². The van der Waals surface area contributed by atoms with Gasteiger partial charge >= 0.3 is 0 Å². The summed E-state index contributed by atoms with van der Waals surface area (Å²) in [5.41, 5.74) is 7.71. The van der Waals surface area contributed by atoms with Gasteiger partial charge in [0.15, 0.2) is 0 Å². The fourth-order valence-corrected chi connectivity index (χ4v) is 2.00. The number of nitrogen functional groups attached to an aromatic ring is 1. The molecule has 2 rings (SSSR count). The molecule has 0 atom stereocenters. The van der Waals surface area contributed by atoms with Gasteiger partial charge in [0, 0.05) is 26.7 Å². The number of aromatic nitrogens is 2. The minimum absolute atomic E-state index is 0.768. The van der Waals surface area contributed by atoms with Crippen LogP contribution < -0.4 is 10.6 Å². The molecule has 0 saturated carbocycles. The zero-order valence-corrected chi connectivity index (χ0v) is 9.36. The van der Waals surface area contributed by atoms with E-state index in [2.05, 4.69) is 10.00 Å². The smallest absolute Gasteiger partial charge is 0.150 e. The molecule has 1 aliphatic heterocycles. The van der Waals surface area contributed by atoms with E-state index in [0.29, 0.717) is 0 Å². The van der Waals surface area contributed by atoms with Crippen LogP contribution in [0.1, 0.15) is 12.1 Å². The van der Waals surface area contributed by atoms with Crippen LogP contribution >= 0.6 is 0 Å². The highest BCUT2D eigenvalue weighted by Gasteiger charge is 2.18. The van der Waals surface area contributed by atoms with Crippen molar-refractivity contribution in [2.75, 3.05) is 36.9 Å². The average molecular weight is 210 g/mol. The van der Waals surface area contributed by atoms with Crippen molar-refractivity contribution in [2.45, 2.75) is 13.3 Å². The Morgan fingerprint density at radius 3 is 2.80 bits per heavy atom. The fraction of sp³-hybridized carbons (Fsp3) is 0.700. The number of nitrogens with zero attached hydrogens (tertiary/aromatic N) is 3. The monoisotopic (exact) mass is 210 g/mol. The van der Waals surface area contributed by atoms with Crippen molar-refractivity contribution in [1.29, 1.82) is 0 Å². The van der Waals surface area contributed by atoms with Gasteiger partial charge in [0.1, 0.15) is 5.82 Å². The van der Waals surface area contributed by atoms with E-state index in [9.17, 15) is 0 Å². The Labute approximate surface area is 89.8 Å². The minimum Gasteiger partial charge on any atom is -0.394 e. The molecule has 84 valence electrons. The molecular weight excluding hydrogens is 192 g/mol. The van der Waals surface area contributed by atoms with Gasteiger partial charge in [-0.05, 0) is 13.3 Å². The largest absolute Gasteiger partial charge is 0.394 e. The van der Waals surface area contributed by atoms with E-state index in [-0.39, 0.29) is 0 Å². The Morgan fingerprint density at radius 1 is 1.33 bits per heavy atom. The van der Waals surface area contributed by atoms with Gasteiger partial charge in [-0.2, -0.15) is 5.10 Å². The standard InChI is InChI=1S/C10H18N4O/c1-8-9(11)10(13(2)12-8)14-4-3-6-15-7-5-14/h3-7,11H2,1-2H3. The van der Waals surface area contributed by atoms with Crippen LogP contribution in [-0.4, -0.2) is 36.1 Å². The molecule has 0 spiro atoms. The maximum absolute atomic E-state index is 6.02. The molecule has 2 heterocycles. The van der Waals surface area contributed by atoms with Crippen LogP contribution in [0.2, 0.25) is 0 Å². The lowest BCUT2D eigenvalue weighted by Gasteiger charge is -2.22. The average Bonchev–Trinajstić information content (AvgIpc) is 2.46. The van der Waals surface area contributed by atoms with E-state index >= 15 is 0 Å². The van der Waals surface area contributed by atoms with Crippen molar-refractivity contribution in [3.8, 4) is 0 Å². The number of rotatable bonds is 1. The third-order valence-electron chi connectivity index (χ3n) is 2.76. The highest BCUT2D eigenvalue weighted by atomic mass is 16.5. The summed E-state index contributed by atoms with van der Waals surface area (Å²) in [7, 11) is 1.93. The molecular formula is C10H18N4O. The SMILES string of the molecule is Cc1nn(C)c(N2CCCOCC2)c1N. The first-order chi connectivity index (χ1) is 7.20. The Balaban J connectivity index is 2.26. The first-order valence-corrected chi connectivity index (χ1v) is 5.32. The lowest BCUT2D eigenvalue weighted by atomic mass is 10.3. The first kappa shape index (κ1) is 10.3. The predicted octanol–water partition coefficient (Wildman–Crippen LogP) is 0.537. The summed E-state index contributed by atoms with van der Waals surface area (Å²) in [6.45, 7) is 5.43. The number of nitrogens with two attached hydrogens (primary N) is 1. The quantitative estimate of drug-likeness (QED) is 0.735. The van der Waals surface area contributed by atoms with Crippen LogP contribution in [0.5, 0.6) is 0 Å². The van der Waals surface area contributed by atoms with Crippen molar-refractivity contribution in [1.82, 2.24) is 9.78 Å². The van der Waals surface area contributed by atoms with Crippen LogP contribution in [0.4, 0.5) is 11.5 Å². The molecule has 2 N–H and O–H groups in total. The zero-order chi connectivity index (χ0) is 10.8. The van der Waals surface area contributed by atoms with Crippen molar-refractivity contribution in [2.24, 2.45) is 7.05 Å². The van der Waals surface area contributed by atoms with E-state index in [1.807, 2.05) is 18.7 Å². The molecule has 0 radical (unpaired) electrons. The molecule has 0 aromatic carbocycles. The molecule has 1 aromatic rings. The van der Waals surface area contributed by atoms with E-state index < -0.39 is 0 Å². The van der Waals surface area contributed by atoms with Gasteiger partial charge in [0.25, 0.3) is 0 Å². The van der Waals surface area contributed by atoms with E-state index in [4.69, 9.17) is 10.5 Å². The summed E-state index contributed by atoms with van der Waals surface area (Å²) in [5.74, 6) is 1.03. The number of ether oxygens (including phenoxy) is 1. The maximum atomic E-state index is 6.02. The number of anilines is 2. The van der Waals surface area contributed by atoms with Crippen LogP contribution in [-0.2, 0) is 11.8 Å². The Hall–Kier alpha value is -1.23. The van der Waals surface area contributed by atoms with Crippen LogP contribution in [0.3, 0.4) is 0 Å². The number of aryl methyl sites for hydroxylation is 2. The lowest BCUT2D eigenvalue weighted by molar-refractivity contribution is 0.152. The second-order valence-corrected chi connectivity index (χ2v) is 3.90. The highest BCUT2D eigenvalue weighted by molar-refractivity contribution is 5.66. The highest BCUT2D eigenvalue weighted by Crippen LogP contribution is 2.25. The zero-order valence-electron chi connectivity index (χ0n) is 9.36. The summed E-state index contributed by atoms with van der Waals surface area (Å²) in [6, 6.07) is 0. The minimum atomic E-state index is 0.768. The Kier molecular flexibility index (Phi) is 2.81. The van der Waals surface area contributed by atoms with Crippen molar-refractivity contribution in [3.63, 3.8) is 0 Å². The molecule has 0 bridgehead atoms. The van der Waals surface area contributed by atoms with E-state index in [1.54, 1.807) is 0 Å². The Morgan fingerprint density at radius 2 is 2.13 bits per heavy atom. The first-order valence-electron chi connectivity index (χ1n) is 5.32. The molecule has 0 aliphatic carbocycles. The normalized spacial score (nSPS) is 17.9. The Bertz CT molecular complexity index is 339. The van der Waals surface area contributed by atoms with Gasteiger partial charge in [0.2, 0.25) is 0 Å². The summed E-state index contributed by atoms with van der Waals surface area (Å²) in [5, 5.41) is 4.33. The topological polar surface area (TPSA) is 56.3 Å². The third-order valence-corrected chi connectivity index (χ3v) is 2.76. The molecule has 5 nitrogen and oxygen atoms in total. The van der Waals surface area contributed by atoms with Gasteiger partial charge in [-0.15, -0.1) is 0 Å². The molecule has 0 amide bonds. The van der Waals surface area contributed by atoms with Crippen LogP contribution in [0.15, 0.2) is 0 Å². The number of hydrogen-bond acceptors (Lipinski definition) is 4. The van der Waals surface area contributed by atoms with E-state index in [1.165, 1.54) is 0 Å². The molecule has 5 heteroatoms. The van der Waals surface area contributed by atoms with Crippen molar-refractivity contribution >= 4 is 11.5 Å². The fourth-order valence-electron chi connectivity index (χ4n) is 2.00. The lowest BCUT2D eigenvalue weighted by Crippen LogP contribution is -2.28. The van der Waals surface area contributed by atoms with Gasteiger partial charge in [-0.25, -0.2) is 0 Å². The van der Waals surface area contributed by atoms with E-state index in [0.717, 1.165) is 49.9 Å². The maximum Gasteiger partial charge on any atom is 0.150 e. The number of hydrogen-bond donors (Lipinski definition) is 1. The molecule has 1 aromatic heterocycles. The third kappa shape index (κ3) is 1.92.